The van der Waals surface area contributed by atoms with Crippen LogP contribution in [-0.4, -0.2) is 37.8 Å². The predicted molar refractivity (Wildman–Crippen MR) is 90.3 cm³/mol. The van der Waals surface area contributed by atoms with Crippen LogP contribution >= 0.6 is 0 Å². The van der Waals surface area contributed by atoms with Crippen LogP contribution in [0.1, 0.15) is 27.2 Å². The second kappa shape index (κ2) is 7.04. The number of pyridine rings is 1. The van der Waals surface area contributed by atoms with Crippen molar-refractivity contribution in [3.05, 3.63) is 77.4 Å². The first-order valence-electron chi connectivity index (χ1n) is 7.72. The molecule has 0 aliphatic carbocycles. The van der Waals surface area contributed by atoms with Gasteiger partial charge < -0.3 is 4.90 Å². The minimum atomic E-state index is -0.158. The maximum absolute atomic E-state index is 12.5. The number of amides is 1. The minimum absolute atomic E-state index is 0.158. The first kappa shape index (κ1) is 15.9. The van der Waals surface area contributed by atoms with Gasteiger partial charge in [-0.3, -0.25) is 9.78 Å². The number of hydrogen-bond acceptors (Lipinski definition) is 4. The van der Waals surface area contributed by atoms with Crippen LogP contribution in [0.3, 0.4) is 0 Å². The molecule has 0 radical (unpaired) electrons. The third kappa shape index (κ3) is 3.65. The van der Waals surface area contributed by atoms with Crippen molar-refractivity contribution in [3.63, 3.8) is 0 Å². The zero-order chi connectivity index (χ0) is 16.9. The Bertz CT molecular complexity index is 828. The molecule has 6 heteroatoms. The molecule has 0 fully saturated rings. The van der Waals surface area contributed by atoms with Gasteiger partial charge in [-0.15, -0.1) is 5.10 Å². The highest BCUT2D eigenvalue weighted by Crippen LogP contribution is 2.10. The number of aromatic nitrogens is 4. The molecule has 0 atom stereocenters. The summed E-state index contributed by atoms with van der Waals surface area (Å²) in [7, 11) is 1.75. The predicted octanol–water partition coefficient (Wildman–Crippen LogP) is 2.30. The van der Waals surface area contributed by atoms with Gasteiger partial charge in [-0.1, -0.05) is 35.5 Å². The number of aryl methyl sites for hydroxylation is 1. The Hall–Kier alpha value is -3.02. The lowest BCUT2D eigenvalue weighted by molar-refractivity contribution is 0.0779. The SMILES string of the molecule is Cc1ccccc1Cn1cc(C(=O)N(C)Cc2cccnc2)nn1. The first-order valence-corrected chi connectivity index (χ1v) is 7.72. The van der Waals surface area contributed by atoms with Crippen molar-refractivity contribution in [2.75, 3.05) is 7.05 Å². The molecule has 1 amide bonds. The van der Waals surface area contributed by atoms with E-state index in [0.29, 0.717) is 18.8 Å². The highest BCUT2D eigenvalue weighted by Gasteiger charge is 2.16. The zero-order valence-corrected chi connectivity index (χ0v) is 13.8. The van der Waals surface area contributed by atoms with Crippen molar-refractivity contribution in [2.24, 2.45) is 0 Å². The second-order valence-electron chi connectivity index (χ2n) is 5.75. The highest BCUT2D eigenvalue weighted by molar-refractivity contribution is 5.91. The summed E-state index contributed by atoms with van der Waals surface area (Å²) in [4.78, 5) is 18.1. The Balaban J connectivity index is 1.68. The van der Waals surface area contributed by atoms with Crippen molar-refractivity contribution in [1.82, 2.24) is 24.9 Å². The molecular formula is C18H19N5O. The van der Waals surface area contributed by atoms with Gasteiger partial charge in [-0.2, -0.15) is 0 Å². The van der Waals surface area contributed by atoms with Crippen LogP contribution in [0.15, 0.2) is 55.0 Å². The second-order valence-corrected chi connectivity index (χ2v) is 5.75. The van der Waals surface area contributed by atoms with Crippen LogP contribution in [0.5, 0.6) is 0 Å². The summed E-state index contributed by atoms with van der Waals surface area (Å²) in [6.07, 6.45) is 5.15. The molecule has 0 aliphatic rings. The van der Waals surface area contributed by atoms with Crippen molar-refractivity contribution in [2.45, 2.75) is 20.0 Å². The molecule has 3 rings (SSSR count). The van der Waals surface area contributed by atoms with Crippen LogP contribution < -0.4 is 0 Å². The normalized spacial score (nSPS) is 10.6. The van der Waals surface area contributed by atoms with Crippen molar-refractivity contribution in [1.29, 1.82) is 0 Å². The lowest BCUT2D eigenvalue weighted by Crippen LogP contribution is -2.26. The minimum Gasteiger partial charge on any atom is -0.336 e. The van der Waals surface area contributed by atoms with Crippen molar-refractivity contribution >= 4 is 5.91 Å². The summed E-state index contributed by atoms with van der Waals surface area (Å²) in [6, 6.07) is 11.9. The van der Waals surface area contributed by atoms with Gasteiger partial charge in [-0.05, 0) is 29.7 Å². The molecular weight excluding hydrogens is 302 g/mol. The van der Waals surface area contributed by atoms with E-state index in [1.54, 1.807) is 35.2 Å². The van der Waals surface area contributed by atoms with Crippen LogP contribution in [0.25, 0.3) is 0 Å². The van der Waals surface area contributed by atoms with Gasteiger partial charge in [0.2, 0.25) is 0 Å². The summed E-state index contributed by atoms with van der Waals surface area (Å²) in [6.45, 7) is 3.14. The molecule has 0 spiro atoms. The maximum atomic E-state index is 12.5. The molecule has 122 valence electrons. The molecule has 6 nitrogen and oxygen atoms in total. The topological polar surface area (TPSA) is 63.9 Å². The van der Waals surface area contributed by atoms with Crippen LogP contribution in [0.2, 0.25) is 0 Å². The fraction of sp³-hybridized carbons (Fsp3) is 0.222. The lowest BCUT2D eigenvalue weighted by atomic mass is 10.1. The van der Waals surface area contributed by atoms with Gasteiger partial charge in [0.1, 0.15) is 0 Å². The average molecular weight is 321 g/mol. The van der Waals surface area contributed by atoms with E-state index >= 15 is 0 Å². The Labute approximate surface area is 140 Å². The summed E-state index contributed by atoms with van der Waals surface area (Å²) in [5, 5.41) is 8.08. The van der Waals surface area contributed by atoms with Gasteiger partial charge in [0.05, 0.1) is 12.7 Å². The average Bonchev–Trinajstić information content (AvgIpc) is 3.05. The van der Waals surface area contributed by atoms with E-state index in [2.05, 4.69) is 28.3 Å². The summed E-state index contributed by atoms with van der Waals surface area (Å²) in [5.74, 6) is -0.158. The molecule has 3 aromatic rings. The molecule has 0 aliphatic heterocycles. The van der Waals surface area contributed by atoms with Crippen molar-refractivity contribution < 1.29 is 4.79 Å². The number of hydrogen-bond donors (Lipinski definition) is 0. The Morgan fingerprint density at radius 1 is 1.21 bits per heavy atom. The van der Waals surface area contributed by atoms with E-state index in [1.165, 1.54) is 5.56 Å². The lowest BCUT2D eigenvalue weighted by Gasteiger charge is -2.15. The largest absolute Gasteiger partial charge is 0.336 e. The van der Waals surface area contributed by atoms with Gasteiger partial charge in [0.15, 0.2) is 5.69 Å². The molecule has 0 saturated heterocycles. The van der Waals surface area contributed by atoms with E-state index in [4.69, 9.17) is 0 Å². The fourth-order valence-electron chi connectivity index (χ4n) is 2.47. The van der Waals surface area contributed by atoms with Crippen molar-refractivity contribution in [3.8, 4) is 0 Å². The fourth-order valence-corrected chi connectivity index (χ4v) is 2.47. The Morgan fingerprint density at radius 2 is 2.04 bits per heavy atom. The van der Waals surface area contributed by atoms with E-state index in [9.17, 15) is 4.79 Å². The number of benzene rings is 1. The van der Waals surface area contributed by atoms with Gasteiger partial charge in [-0.25, -0.2) is 4.68 Å². The smallest absolute Gasteiger partial charge is 0.276 e. The van der Waals surface area contributed by atoms with Crippen LogP contribution in [0.4, 0.5) is 0 Å². The first-order chi connectivity index (χ1) is 11.6. The zero-order valence-electron chi connectivity index (χ0n) is 13.8. The monoisotopic (exact) mass is 321 g/mol. The van der Waals surface area contributed by atoms with E-state index in [0.717, 1.165) is 11.1 Å². The molecule has 24 heavy (non-hydrogen) atoms. The molecule has 0 unspecified atom stereocenters. The van der Waals surface area contributed by atoms with Gasteiger partial charge >= 0.3 is 0 Å². The van der Waals surface area contributed by atoms with Crippen LogP contribution in [-0.2, 0) is 13.1 Å². The summed E-state index contributed by atoms with van der Waals surface area (Å²) < 4.78 is 1.69. The summed E-state index contributed by atoms with van der Waals surface area (Å²) >= 11 is 0. The molecule has 0 saturated carbocycles. The molecule has 2 heterocycles. The van der Waals surface area contributed by atoms with E-state index < -0.39 is 0 Å². The van der Waals surface area contributed by atoms with E-state index in [-0.39, 0.29) is 5.91 Å². The number of nitrogens with zero attached hydrogens (tertiary/aromatic N) is 5. The molecule has 0 N–H and O–H groups in total. The number of carbonyl (C=O) groups is 1. The molecule has 1 aromatic carbocycles. The molecule has 0 bridgehead atoms. The van der Waals surface area contributed by atoms with Gasteiger partial charge in [0.25, 0.3) is 5.91 Å². The molecule has 2 aromatic heterocycles. The number of rotatable bonds is 5. The van der Waals surface area contributed by atoms with Gasteiger partial charge in [0, 0.05) is 26.0 Å². The third-order valence-corrected chi connectivity index (χ3v) is 3.84. The highest BCUT2D eigenvalue weighted by atomic mass is 16.2. The van der Waals surface area contributed by atoms with Crippen LogP contribution in [0, 0.1) is 6.92 Å². The Kier molecular flexibility index (Phi) is 4.65. The van der Waals surface area contributed by atoms with E-state index in [1.807, 2.05) is 30.3 Å². The third-order valence-electron chi connectivity index (χ3n) is 3.84. The summed E-state index contributed by atoms with van der Waals surface area (Å²) in [5.41, 5.74) is 3.66. The number of carbonyl (C=O) groups excluding carboxylic acids is 1. The Morgan fingerprint density at radius 3 is 2.79 bits per heavy atom. The standard InChI is InChI=1S/C18H19N5O/c1-14-6-3-4-8-16(14)12-23-13-17(20-21-23)18(24)22(2)11-15-7-5-9-19-10-15/h3-10,13H,11-12H2,1-2H3. The maximum Gasteiger partial charge on any atom is 0.276 e. The quantitative estimate of drug-likeness (QED) is 0.723.